The average molecular weight is 460 g/mol. The molecule has 9 nitrogen and oxygen atoms in total. The predicted octanol–water partition coefficient (Wildman–Crippen LogP) is 2.14. The van der Waals surface area contributed by atoms with E-state index in [1.807, 2.05) is 0 Å². The van der Waals surface area contributed by atoms with Gasteiger partial charge in [0.15, 0.2) is 0 Å². The SMILES string of the molecule is COC(=O)c1cc(-c2cccc(S(=O)(=O)NC3CC3)c2)c2nnn(C/C(F)=C/CN)c2c1. The van der Waals surface area contributed by atoms with E-state index in [4.69, 9.17) is 10.5 Å². The molecular formula is C21H22FN5O4S. The Balaban J connectivity index is 1.84. The molecule has 0 bridgehead atoms. The van der Waals surface area contributed by atoms with E-state index < -0.39 is 21.8 Å². The average Bonchev–Trinajstić information content (AvgIpc) is 3.50. The van der Waals surface area contributed by atoms with Gasteiger partial charge in [-0.3, -0.25) is 0 Å². The van der Waals surface area contributed by atoms with Crippen LogP contribution in [0.1, 0.15) is 23.2 Å². The number of allylic oxidation sites excluding steroid dienone is 1. The Bertz CT molecular complexity index is 1310. The van der Waals surface area contributed by atoms with Crippen molar-refractivity contribution in [2.45, 2.75) is 30.3 Å². The second kappa shape index (κ2) is 8.77. The third-order valence-electron chi connectivity index (χ3n) is 5.04. The first-order chi connectivity index (χ1) is 15.3. The first-order valence-corrected chi connectivity index (χ1v) is 11.4. The Hall–Kier alpha value is -3.15. The number of carbonyl (C=O) groups is 1. The molecule has 1 saturated carbocycles. The summed E-state index contributed by atoms with van der Waals surface area (Å²) in [5.41, 5.74) is 7.34. The summed E-state index contributed by atoms with van der Waals surface area (Å²) in [6, 6.07) is 9.36. The minimum atomic E-state index is -3.68. The number of rotatable bonds is 8. The number of sulfonamides is 1. The van der Waals surface area contributed by atoms with Gasteiger partial charge < -0.3 is 10.5 Å². The van der Waals surface area contributed by atoms with Crippen LogP contribution in [-0.2, 0) is 21.3 Å². The van der Waals surface area contributed by atoms with Crippen LogP contribution in [-0.4, -0.2) is 49.1 Å². The number of nitrogens with one attached hydrogen (secondary N) is 1. The van der Waals surface area contributed by atoms with Crippen molar-refractivity contribution in [2.75, 3.05) is 13.7 Å². The van der Waals surface area contributed by atoms with Crippen LogP contribution in [0, 0.1) is 0 Å². The molecule has 0 atom stereocenters. The van der Waals surface area contributed by atoms with Gasteiger partial charge in [0.2, 0.25) is 10.0 Å². The lowest BCUT2D eigenvalue weighted by Crippen LogP contribution is -2.25. The summed E-state index contributed by atoms with van der Waals surface area (Å²) < 4.78 is 48.2. The lowest BCUT2D eigenvalue weighted by molar-refractivity contribution is 0.0601. The molecule has 0 saturated heterocycles. The van der Waals surface area contributed by atoms with Crippen LogP contribution in [0.25, 0.3) is 22.2 Å². The molecule has 1 aliphatic rings. The second-order valence-corrected chi connectivity index (χ2v) is 9.15. The third-order valence-corrected chi connectivity index (χ3v) is 6.55. The van der Waals surface area contributed by atoms with E-state index in [1.165, 1.54) is 36.1 Å². The van der Waals surface area contributed by atoms with Crippen molar-refractivity contribution in [3.05, 3.63) is 53.9 Å². The van der Waals surface area contributed by atoms with E-state index in [2.05, 4.69) is 15.0 Å². The van der Waals surface area contributed by atoms with Gasteiger partial charge in [0.1, 0.15) is 11.3 Å². The smallest absolute Gasteiger partial charge is 0.337 e. The van der Waals surface area contributed by atoms with Gasteiger partial charge in [0.25, 0.3) is 0 Å². The fourth-order valence-electron chi connectivity index (χ4n) is 3.30. The Morgan fingerprint density at radius 3 is 2.81 bits per heavy atom. The molecule has 2 aromatic carbocycles. The van der Waals surface area contributed by atoms with Crippen LogP contribution in [0.5, 0.6) is 0 Å². The van der Waals surface area contributed by atoms with Crippen molar-refractivity contribution < 1.29 is 22.3 Å². The molecule has 1 aromatic heterocycles. The van der Waals surface area contributed by atoms with Crippen LogP contribution < -0.4 is 10.5 Å². The zero-order valence-corrected chi connectivity index (χ0v) is 18.1. The molecule has 0 aliphatic heterocycles. The molecule has 3 aromatic rings. The first kappa shape index (κ1) is 22.1. The summed E-state index contributed by atoms with van der Waals surface area (Å²) in [6.45, 7) is -0.176. The fraction of sp³-hybridized carbons (Fsp3) is 0.286. The molecule has 1 aliphatic carbocycles. The lowest BCUT2D eigenvalue weighted by atomic mass is 10.0. The summed E-state index contributed by atoms with van der Waals surface area (Å²) >= 11 is 0. The standard InChI is InChI=1S/C21H22FN5O4S/c1-31-21(28)14-10-18(20-19(11-14)27(26-24-20)12-15(22)7-8-23)13-3-2-4-17(9-13)32(29,30)25-16-5-6-16/h2-4,7,9-11,16,25H,5-6,8,12,23H2,1H3/b15-7-. The zero-order chi connectivity index (χ0) is 22.9. The Kier molecular flexibility index (Phi) is 6.04. The van der Waals surface area contributed by atoms with Crippen LogP contribution >= 0.6 is 0 Å². The number of methoxy groups -OCH3 is 1. The number of nitrogens with two attached hydrogens (primary N) is 1. The summed E-state index contributed by atoms with van der Waals surface area (Å²) in [5.74, 6) is -1.10. The maximum absolute atomic E-state index is 14.1. The van der Waals surface area contributed by atoms with Crippen molar-refractivity contribution in [3.8, 4) is 11.1 Å². The number of esters is 1. The van der Waals surface area contributed by atoms with Crippen molar-refractivity contribution in [3.63, 3.8) is 0 Å². The minimum Gasteiger partial charge on any atom is -0.465 e. The van der Waals surface area contributed by atoms with E-state index in [1.54, 1.807) is 18.2 Å². The summed E-state index contributed by atoms with van der Waals surface area (Å²) in [6.07, 6.45) is 2.86. The highest BCUT2D eigenvalue weighted by atomic mass is 32.2. The van der Waals surface area contributed by atoms with Crippen molar-refractivity contribution in [1.82, 2.24) is 19.7 Å². The monoisotopic (exact) mass is 459 g/mol. The quantitative estimate of drug-likeness (QED) is 0.494. The van der Waals surface area contributed by atoms with Crippen molar-refractivity contribution in [1.29, 1.82) is 0 Å². The van der Waals surface area contributed by atoms with Crippen molar-refractivity contribution >= 4 is 27.0 Å². The highest BCUT2D eigenvalue weighted by molar-refractivity contribution is 7.89. The van der Waals surface area contributed by atoms with Crippen LogP contribution in [0.4, 0.5) is 4.39 Å². The van der Waals surface area contributed by atoms with E-state index in [9.17, 15) is 17.6 Å². The summed E-state index contributed by atoms with van der Waals surface area (Å²) in [4.78, 5) is 12.4. The molecule has 0 radical (unpaired) electrons. The second-order valence-electron chi connectivity index (χ2n) is 7.44. The number of ether oxygens (including phenoxy) is 1. The molecule has 32 heavy (non-hydrogen) atoms. The molecule has 0 unspecified atom stereocenters. The Morgan fingerprint density at radius 2 is 2.12 bits per heavy atom. The van der Waals surface area contributed by atoms with Crippen LogP contribution in [0.2, 0.25) is 0 Å². The van der Waals surface area contributed by atoms with Gasteiger partial charge in [-0.15, -0.1) is 5.10 Å². The number of hydrogen-bond donors (Lipinski definition) is 2. The number of halogens is 1. The molecule has 1 heterocycles. The van der Waals surface area contributed by atoms with Gasteiger partial charge in [-0.2, -0.15) is 0 Å². The van der Waals surface area contributed by atoms with Gasteiger partial charge in [0.05, 0.1) is 29.6 Å². The lowest BCUT2D eigenvalue weighted by Gasteiger charge is -2.10. The van der Waals surface area contributed by atoms with Gasteiger partial charge in [0, 0.05) is 18.2 Å². The highest BCUT2D eigenvalue weighted by Gasteiger charge is 2.28. The Labute approximate surface area is 184 Å². The predicted molar refractivity (Wildman–Crippen MR) is 116 cm³/mol. The third kappa shape index (κ3) is 4.54. The normalized spacial score (nSPS) is 14.7. The largest absolute Gasteiger partial charge is 0.465 e. The van der Waals surface area contributed by atoms with E-state index in [-0.39, 0.29) is 29.6 Å². The number of carbonyl (C=O) groups excluding carboxylic acids is 1. The van der Waals surface area contributed by atoms with Gasteiger partial charge in [-0.25, -0.2) is 27.0 Å². The highest BCUT2D eigenvalue weighted by Crippen LogP contribution is 2.31. The fourth-order valence-corrected chi connectivity index (χ4v) is 4.65. The summed E-state index contributed by atoms with van der Waals surface area (Å²) in [5, 5.41) is 8.17. The Morgan fingerprint density at radius 1 is 1.34 bits per heavy atom. The number of aromatic nitrogens is 3. The van der Waals surface area contributed by atoms with Crippen molar-refractivity contribution in [2.24, 2.45) is 5.73 Å². The zero-order valence-electron chi connectivity index (χ0n) is 17.3. The summed E-state index contributed by atoms with van der Waals surface area (Å²) in [7, 11) is -2.43. The molecule has 0 spiro atoms. The van der Waals surface area contributed by atoms with E-state index in [0.29, 0.717) is 22.2 Å². The molecule has 3 N–H and O–H groups in total. The molecule has 1 fully saturated rings. The topological polar surface area (TPSA) is 129 Å². The molecular weight excluding hydrogens is 437 g/mol. The first-order valence-electron chi connectivity index (χ1n) is 9.95. The molecule has 168 valence electrons. The molecule has 4 rings (SSSR count). The van der Waals surface area contributed by atoms with Gasteiger partial charge in [-0.05, 0) is 48.7 Å². The number of hydrogen-bond acceptors (Lipinski definition) is 7. The number of nitrogens with zero attached hydrogens (tertiary/aromatic N) is 3. The van der Waals surface area contributed by atoms with Gasteiger partial charge >= 0.3 is 5.97 Å². The van der Waals surface area contributed by atoms with Crippen LogP contribution in [0.3, 0.4) is 0 Å². The number of benzene rings is 2. The maximum Gasteiger partial charge on any atom is 0.337 e. The van der Waals surface area contributed by atoms with E-state index in [0.717, 1.165) is 12.8 Å². The van der Waals surface area contributed by atoms with E-state index >= 15 is 0 Å². The molecule has 11 heteroatoms. The minimum absolute atomic E-state index is 0.0330. The number of fused-ring (bicyclic) bond motifs is 1. The molecule has 0 amide bonds. The maximum atomic E-state index is 14.1. The van der Waals surface area contributed by atoms with Crippen LogP contribution in [0.15, 0.2) is 53.2 Å². The van der Waals surface area contributed by atoms with Gasteiger partial charge in [-0.1, -0.05) is 17.3 Å².